The van der Waals surface area contributed by atoms with Gasteiger partial charge in [0.2, 0.25) is 10.0 Å². The molecular weight excluding hydrogens is 262 g/mol. The maximum Gasteiger partial charge on any atom is 0.321 e. The third-order valence-corrected chi connectivity index (χ3v) is 4.47. The fourth-order valence-corrected chi connectivity index (χ4v) is 3.18. The minimum absolute atomic E-state index is 0.166. The second-order valence-corrected chi connectivity index (χ2v) is 5.98. The van der Waals surface area contributed by atoms with Crippen LogP contribution >= 0.6 is 0 Å². The molecule has 0 aliphatic carbocycles. The molecule has 0 aromatic rings. The second kappa shape index (κ2) is 7.32. The van der Waals surface area contributed by atoms with E-state index >= 15 is 0 Å². The van der Waals surface area contributed by atoms with Crippen LogP contribution in [-0.4, -0.2) is 53.2 Å². The summed E-state index contributed by atoms with van der Waals surface area (Å²) < 4.78 is 24.6. The highest BCUT2D eigenvalue weighted by atomic mass is 32.2. The summed E-state index contributed by atoms with van der Waals surface area (Å²) in [5, 5.41) is 17.4. The topological polar surface area (TPSA) is 112 Å². The predicted octanol–water partition coefficient (Wildman–Crippen LogP) is 0.366. The molecule has 8 heteroatoms. The molecule has 2 N–H and O–H groups in total. The maximum absolute atomic E-state index is 11.9. The molecular formula is C10H19NO6S. The number of sulfonamides is 1. The Morgan fingerprint density at radius 1 is 1.28 bits per heavy atom. The Hall–Kier alpha value is -1.15. The minimum atomic E-state index is -3.74. The monoisotopic (exact) mass is 281 g/mol. The zero-order valence-electron chi connectivity index (χ0n) is 10.5. The van der Waals surface area contributed by atoms with Crippen molar-refractivity contribution in [3.63, 3.8) is 0 Å². The van der Waals surface area contributed by atoms with Gasteiger partial charge in [0.25, 0.3) is 0 Å². The van der Waals surface area contributed by atoms with Crippen molar-refractivity contribution in [3.8, 4) is 0 Å². The molecule has 0 saturated heterocycles. The zero-order chi connectivity index (χ0) is 14.3. The van der Waals surface area contributed by atoms with Gasteiger partial charge in [0.1, 0.15) is 6.04 Å². The summed E-state index contributed by atoms with van der Waals surface area (Å²) >= 11 is 0. The van der Waals surface area contributed by atoms with Gasteiger partial charge in [-0.3, -0.25) is 9.59 Å². The molecule has 0 heterocycles. The third-order valence-electron chi connectivity index (χ3n) is 2.45. The number of nitrogens with zero attached hydrogens (tertiary/aromatic N) is 1. The molecule has 1 atom stereocenters. The normalized spacial score (nSPS) is 13.5. The molecule has 0 radical (unpaired) electrons. The molecule has 0 amide bonds. The molecule has 18 heavy (non-hydrogen) atoms. The average Bonchev–Trinajstić information content (AvgIpc) is 2.25. The van der Waals surface area contributed by atoms with E-state index in [1.54, 1.807) is 0 Å². The highest BCUT2D eigenvalue weighted by Gasteiger charge is 2.31. The van der Waals surface area contributed by atoms with Crippen LogP contribution in [0.15, 0.2) is 0 Å². The number of aliphatic carboxylic acids is 2. The van der Waals surface area contributed by atoms with Crippen molar-refractivity contribution in [2.75, 3.05) is 12.3 Å². The average molecular weight is 281 g/mol. The third kappa shape index (κ3) is 5.46. The Morgan fingerprint density at radius 2 is 1.83 bits per heavy atom. The van der Waals surface area contributed by atoms with Crippen molar-refractivity contribution in [2.24, 2.45) is 0 Å². The number of rotatable bonds is 9. The highest BCUT2D eigenvalue weighted by Crippen LogP contribution is 2.11. The van der Waals surface area contributed by atoms with Gasteiger partial charge < -0.3 is 10.2 Å². The van der Waals surface area contributed by atoms with Crippen molar-refractivity contribution in [3.05, 3.63) is 0 Å². The smallest absolute Gasteiger partial charge is 0.321 e. The summed E-state index contributed by atoms with van der Waals surface area (Å²) in [6.07, 6.45) is 0.661. The molecule has 0 bridgehead atoms. The van der Waals surface area contributed by atoms with Crippen molar-refractivity contribution in [1.82, 2.24) is 4.31 Å². The lowest BCUT2D eigenvalue weighted by atomic mass is 10.3. The van der Waals surface area contributed by atoms with E-state index in [-0.39, 0.29) is 12.3 Å². The Labute approximate surface area is 106 Å². The molecule has 0 spiro atoms. The van der Waals surface area contributed by atoms with Crippen LogP contribution in [0.1, 0.15) is 33.1 Å². The van der Waals surface area contributed by atoms with E-state index in [2.05, 4.69) is 0 Å². The predicted molar refractivity (Wildman–Crippen MR) is 64.8 cm³/mol. The molecule has 7 nitrogen and oxygen atoms in total. The van der Waals surface area contributed by atoms with Crippen LogP contribution in [0.4, 0.5) is 0 Å². The second-order valence-electron chi connectivity index (χ2n) is 3.94. The van der Waals surface area contributed by atoms with Crippen LogP contribution in [0.25, 0.3) is 0 Å². The lowest BCUT2D eigenvalue weighted by molar-refractivity contribution is -0.142. The van der Waals surface area contributed by atoms with Crippen LogP contribution < -0.4 is 0 Å². The van der Waals surface area contributed by atoms with Crippen LogP contribution in [0, 0.1) is 0 Å². The SMILES string of the molecule is CCCCS(=O)(=O)N(CCC(=O)O)C(C)C(=O)O. The number of unbranched alkanes of at least 4 members (excludes halogenated alkanes) is 1. The number of carboxylic acid groups (broad SMARTS) is 2. The summed E-state index contributed by atoms with van der Waals surface area (Å²) in [5.41, 5.74) is 0. The van der Waals surface area contributed by atoms with Gasteiger partial charge in [0, 0.05) is 6.54 Å². The number of hydrogen-bond donors (Lipinski definition) is 2. The molecule has 0 aromatic carbocycles. The van der Waals surface area contributed by atoms with E-state index < -0.39 is 34.4 Å². The molecule has 0 saturated carbocycles. The van der Waals surface area contributed by atoms with Gasteiger partial charge in [-0.2, -0.15) is 4.31 Å². The Bertz CT molecular complexity index is 391. The van der Waals surface area contributed by atoms with Gasteiger partial charge in [0.05, 0.1) is 12.2 Å². The van der Waals surface area contributed by atoms with Gasteiger partial charge in [0.15, 0.2) is 0 Å². The van der Waals surface area contributed by atoms with Crippen LogP contribution in [0.5, 0.6) is 0 Å². The van der Waals surface area contributed by atoms with Crippen LogP contribution in [0.3, 0.4) is 0 Å². The first-order chi connectivity index (χ1) is 8.22. The van der Waals surface area contributed by atoms with Gasteiger partial charge in [-0.25, -0.2) is 8.42 Å². The summed E-state index contributed by atoms with van der Waals surface area (Å²) in [4.78, 5) is 21.3. The van der Waals surface area contributed by atoms with E-state index in [0.29, 0.717) is 12.8 Å². The lowest BCUT2D eigenvalue weighted by Gasteiger charge is -2.25. The van der Waals surface area contributed by atoms with Crippen molar-refractivity contribution < 1.29 is 28.2 Å². The first-order valence-electron chi connectivity index (χ1n) is 5.66. The van der Waals surface area contributed by atoms with Crippen LogP contribution in [0.2, 0.25) is 0 Å². The Kier molecular flexibility index (Phi) is 6.85. The van der Waals surface area contributed by atoms with Crippen molar-refractivity contribution in [1.29, 1.82) is 0 Å². The van der Waals surface area contributed by atoms with E-state index in [1.165, 1.54) is 6.92 Å². The zero-order valence-corrected chi connectivity index (χ0v) is 11.3. The van der Waals surface area contributed by atoms with E-state index in [9.17, 15) is 18.0 Å². The van der Waals surface area contributed by atoms with Gasteiger partial charge in [-0.1, -0.05) is 13.3 Å². The quantitative estimate of drug-likeness (QED) is 0.631. The number of hydrogen-bond acceptors (Lipinski definition) is 4. The maximum atomic E-state index is 11.9. The Morgan fingerprint density at radius 3 is 2.22 bits per heavy atom. The van der Waals surface area contributed by atoms with E-state index in [4.69, 9.17) is 10.2 Å². The first kappa shape index (κ1) is 16.9. The molecule has 0 aliphatic heterocycles. The van der Waals surface area contributed by atoms with Gasteiger partial charge in [-0.05, 0) is 13.3 Å². The molecule has 0 fully saturated rings. The van der Waals surface area contributed by atoms with Crippen molar-refractivity contribution in [2.45, 2.75) is 39.2 Å². The molecule has 1 unspecified atom stereocenters. The summed E-state index contributed by atoms with van der Waals surface area (Å²) in [6.45, 7) is 2.72. The van der Waals surface area contributed by atoms with Crippen LogP contribution in [-0.2, 0) is 19.6 Å². The fourth-order valence-electron chi connectivity index (χ4n) is 1.35. The summed E-state index contributed by atoms with van der Waals surface area (Å²) in [6, 6.07) is -1.26. The molecule has 0 rings (SSSR count). The van der Waals surface area contributed by atoms with Crippen molar-refractivity contribution >= 4 is 22.0 Å². The van der Waals surface area contributed by atoms with E-state index in [0.717, 1.165) is 4.31 Å². The number of carbonyl (C=O) groups is 2. The van der Waals surface area contributed by atoms with Gasteiger partial charge >= 0.3 is 11.9 Å². The Balaban J connectivity index is 4.95. The molecule has 0 aliphatic rings. The molecule has 0 aromatic heterocycles. The van der Waals surface area contributed by atoms with E-state index in [1.807, 2.05) is 6.92 Å². The standard InChI is InChI=1S/C10H19NO6S/c1-3-4-7-18(16,17)11(6-5-9(12)13)8(2)10(14)15/h8H,3-7H2,1-2H3,(H,12,13)(H,14,15). The minimum Gasteiger partial charge on any atom is -0.481 e. The lowest BCUT2D eigenvalue weighted by Crippen LogP contribution is -2.45. The first-order valence-corrected chi connectivity index (χ1v) is 7.27. The number of carboxylic acids is 2. The largest absolute Gasteiger partial charge is 0.481 e. The summed E-state index contributed by atoms with van der Waals surface area (Å²) in [5.74, 6) is -2.62. The van der Waals surface area contributed by atoms with Gasteiger partial charge in [-0.15, -0.1) is 0 Å². The summed E-state index contributed by atoms with van der Waals surface area (Å²) in [7, 11) is -3.74. The fraction of sp³-hybridized carbons (Fsp3) is 0.800. The molecule has 106 valence electrons. The highest BCUT2D eigenvalue weighted by molar-refractivity contribution is 7.89.